The van der Waals surface area contributed by atoms with Crippen molar-refractivity contribution in [2.45, 2.75) is 13.5 Å². The highest BCUT2D eigenvalue weighted by Gasteiger charge is 2.19. The van der Waals surface area contributed by atoms with Gasteiger partial charge in [-0.15, -0.1) is 11.3 Å². The number of hydrogen-bond acceptors (Lipinski definition) is 5. The van der Waals surface area contributed by atoms with E-state index < -0.39 is 5.97 Å². The molecule has 2 aromatic rings. The maximum atomic E-state index is 11.9. The van der Waals surface area contributed by atoms with Gasteiger partial charge in [0.1, 0.15) is 0 Å². The van der Waals surface area contributed by atoms with E-state index in [4.69, 9.17) is 16.3 Å². The zero-order valence-electron chi connectivity index (χ0n) is 11.2. The molecule has 0 aliphatic rings. The van der Waals surface area contributed by atoms with Crippen LogP contribution in [0.3, 0.4) is 0 Å². The molecule has 21 heavy (non-hydrogen) atoms. The van der Waals surface area contributed by atoms with Crippen LogP contribution < -0.4 is 5.32 Å². The number of halogens is 3. The van der Waals surface area contributed by atoms with Gasteiger partial charge in [0.25, 0.3) is 0 Å². The summed E-state index contributed by atoms with van der Waals surface area (Å²) in [5.74, 6) is -0.405. The normalized spacial score (nSPS) is 10.5. The number of methoxy groups -OCH3 is 1. The highest BCUT2D eigenvalue weighted by molar-refractivity contribution is 9.11. The van der Waals surface area contributed by atoms with Gasteiger partial charge in [-0.1, -0.05) is 11.6 Å². The van der Waals surface area contributed by atoms with Gasteiger partial charge in [0, 0.05) is 15.5 Å². The van der Waals surface area contributed by atoms with E-state index in [1.54, 1.807) is 6.20 Å². The van der Waals surface area contributed by atoms with Crippen molar-refractivity contribution in [2.24, 2.45) is 0 Å². The van der Waals surface area contributed by atoms with Crippen molar-refractivity contribution in [3.63, 3.8) is 0 Å². The number of esters is 1. The predicted molar refractivity (Wildman–Crippen MR) is 92.4 cm³/mol. The molecule has 0 bridgehead atoms. The highest BCUT2D eigenvalue weighted by Crippen LogP contribution is 2.36. The molecule has 2 rings (SSSR count). The molecule has 1 aromatic carbocycles. The Balaban J connectivity index is 2.32. The van der Waals surface area contributed by atoms with Crippen LogP contribution in [0.25, 0.3) is 0 Å². The van der Waals surface area contributed by atoms with Gasteiger partial charge in [0.15, 0.2) is 4.47 Å². The lowest BCUT2D eigenvalue weighted by Crippen LogP contribution is -2.08. The molecule has 0 aliphatic carbocycles. The molecule has 0 saturated carbocycles. The third-order valence-corrected chi connectivity index (χ3v) is 5.30. The van der Waals surface area contributed by atoms with Crippen LogP contribution in [-0.4, -0.2) is 18.1 Å². The van der Waals surface area contributed by atoms with E-state index in [1.807, 2.05) is 13.0 Å². The number of rotatable bonds is 4. The van der Waals surface area contributed by atoms with Crippen LogP contribution in [0.2, 0.25) is 4.47 Å². The monoisotopic (exact) mass is 452 g/mol. The lowest BCUT2D eigenvalue weighted by atomic mass is 10.1. The van der Waals surface area contributed by atoms with Crippen LogP contribution in [0.5, 0.6) is 0 Å². The topological polar surface area (TPSA) is 51.2 Å². The number of aryl methyl sites for hydroxylation is 1. The molecule has 0 spiro atoms. The van der Waals surface area contributed by atoms with E-state index in [0.29, 0.717) is 25.5 Å². The van der Waals surface area contributed by atoms with Crippen LogP contribution in [-0.2, 0) is 11.3 Å². The smallest absolute Gasteiger partial charge is 0.340 e. The molecule has 1 N–H and O–H groups in total. The Kier molecular flexibility index (Phi) is 5.65. The van der Waals surface area contributed by atoms with Gasteiger partial charge >= 0.3 is 5.97 Å². The molecular formula is C13H11Br2ClN2O2S. The maximum absolute atomic E-state index is 11.9. The Morgan fingerprint density at radius 3 is 2.81 bits per heavy atom. The first-order chi connectivity index (χ1) is 9.93. The number of hydrogen-bond donors (Lipinski definition) is 1. The molecule has 0 fully saturated rings. The number of anilines is 1. The number of carbonyl (C=O) groups excluding carboxylic acids is 1. The minimum absolute atomic E-state index is 0.405. The van der Waals surface area contributed by atoms with E-state index >= 15 is 0 Å². The molecule has 0 aliphatic heterocycles. The Labute approximate surface area is 148 Å². The van der Waals surface area contributed by atoms with Crippen molar-refractivity contribution < 1.29 is 9.53 Å². The number of ether oxygens (including phenoxy) is 1. The van der Waals surface area contributed by atoms with Crippen molar-refractivity contribution in [1.82, 2.24) is 4.98 Å². The summed E-state index contributed by atoms with van der Waals surface area (Å²) in [5.41, 5.74) is 2.29. The third-order valence-electron chi connectivity index (χ3n) is 2.77. The quantitative estimate of drug-likeness (QED) is 0.659. The Morgan fingerprint density at radius 1 is 1.52 bits per heavy atom. The van der Waals surface area contributed by atoms with Gasteiger partial charge in [-0.25, -0.2) is 9.78 Å². The van der Waals surface area contributed by atoms with Crippen LogP contribution in [0.1, 0.15) is 20.8 Å². The summed E-state index contributed by atoms with van der Waals surface area (Å²) in [4.78, 5) is 16.9. The minimum Gasteiger partial charge on any atom is -0.465 e. The molecule has 1 aromatic heterocycles. The summed E-state index contributed by atoms with van der Waals surface area (Å²) in [5, 5.41) is 3.29. The Morgan fingerprint density at radius 2 is 2.24 bits per heavy atom. The average Bonchev–Trinajstić information content (AvgIpc) is 2.83. The number of aromatic nitrogens is 1. The number of benzene rings is 1. The lowest BCUT2D eigenvalue weighted by Gasteiger charge is -2.15. The number of carbonyl (C=O) groups is 1. The molecule has 0 radical (unpaired) electrons. The summed E-state index contributed by atoms with van der Waals surface area (Å²) in [6.07, 6.45) is 1.73. The van der Waals surface area contributed by atoms with E-state index in [2.05, 4.69) is 42.2 Å². The summed E-state index contributed by atoms with van der Waals surface area (Å²) >= 11 is 14.1. The molecule has 8 heteroatoms. The number of nitrogens with zero attached hydrogens (tertiary/aromatic N) is 1. The molecule has 0 saturated heterocycles. The van der Waals surface area contributed by atoms with Crippen LogP contribution >= 0.6 is 54.8 Å². The Bertz CT molecular complexity index is 691. The molecule has 0 amide bonds. The zero-order chi connectivity index (χ0) is 15.6. The summed E-state index contributed by atoms with van der Waals surface area (Å²) in [7, 11) is 1.35. The second-order valence-corrected chi connectivity index (χ2v) is 7.51. The van der Waals surface area contributed by atoms with Gasteiger partial charge in [-0.05, 0) is 50.4 Å². The second kappa shape index (κ2) is 7.09. The fraction of sp³-hybridized carbons (Fsp3) is 0.231. The van der Waals surface area contributed by atoms with E-state index in [9.17, 15) is 4.79 Å². The van der Waals surface area contributed by atoms with E-state index in [0.717, 1.165) is 16.1 Å². The van der Waals surface area contributed by atoms with Gasteiger partial charge in [-0.2, -0.15) is 0 Å². The second-order valence-electron chi connectivity index (χ2n) is 4.16. The molecular weight excluding hydrogens is 443 g/mol. The van der Waals surface area contributed by atoms with Crippen molar-refractivity contribution in [3.8, 4) is 0 Å². The first-order valence-corrected chi connectivity index (χ1v) is 8.63. The van der Waals surface area contributed by atoms with E-state index in [-0.39, 0.29) is 0 Å². The fourth-order valence-electron chi connectivity index (χ4n) is 1.78. The van der Waals surface area contributed by atoms with Gasteiger partial charge in [0.05, 0.1) is 29.4 Å². The van der Waals surface area contributed by atoms with Gasteiger partial charge < -0.3 is 10.1 Å². The molecule has 0 unspecified atom stereocenters. The molecule has 112 valence electrons. The van der Waals surface area contributed by atoms with Gasteiger partial charge in [0.2, 0.25) is 0 Å². The van der Waals surface area contributed by atoms with Crippen LogP contribution in [0.4, 0.5) is 5.69 Å². The lowest BCUT2D eigenvalue weighted by molar-refractivity contribution is 0.0598. The summed E-state index contributed by atoms with van der Waals surface area (Å²) < 4.78 is 6.66. The molecule has 1 heterocycles. The summed E-state index contributed by atoms with van der Waals surface area (Å²) in [6, 6.07) is 1.87. The Hall–Kier alpha value is -0.630. The van der Waals surface area contributed by atoms with Gasteiger partial charge in [-0.3, -0.25) is 0 Å². The maximum Gasteiger partial charge on any atom is 0.340 e. The third kappa shape index (κ3) is 3.77. The van der Waals surface area contributed by atoms with Crippen LogP contribution in [0.15, 0.2) is 21.2 Å². The van der Waals surface area contributed by atoms with E-state index in [1.165, 1.54) is 18.4 Å². The first kappa shape index (κ1) is 16.7. The largest absolute Gasteiger partial charge is 0.465 e. The fourth-order valence-corrected chi connectivity index (χ4v) is 4.50. The SMILES string of the molecule is COC(=O)c1c(Br)cc(C)c(NCc2cnc(Cl)s2)c1Br. The zero-order valence-corrected chi connectivity index (χ0v) is 15.9. The van der Waals surface area contributed by atoms with Crippen molar-refractivity contribution in [2.75, 3.05) is 12.4 Å². The van der Waals surface area contributed by atoms with Crippen LogP contribution in [0, 0.1) is 6.92 Å². The number of thiazole rings is 1. The van der Waals surface area contributed by atoms with Crippen molar-refractivity contribution in [1.29, 1.82) is 0 Å². The molecule has 4 nitrogen and oxygen atoms in total. The standard InChI is InChI=1S/C13H11Br2ClN2O2S/c1-6-3-8(14)9(12(19)20-2)10(15)11(6)17-4-7-5-18-13(16)21-7/h3,5,17H,4H2,1-2H3. The highest BCUT2D eigenvalue weighted by atomic mass is 79.9. The summed E-state index contributed by atoms with van der Waals surface area (Å²) in [6.45, 7) is 2.53. The van der Waals surface area contributed by atoms with Crippen molar-refractivity contribution >= 4 is 66.5 Å². The molecule has 0 atom stereocenters. The predicted octanol–water partition coefficient (Wildman–Crippen LogP) is 5.03. The first-order valence-electron chi connectivity index (χ1n) is 5.85. The number of nitrogens with one attached hydrogen (secondary N) is 1. The average molecular weight is 455 g/mol. The minimum atomic E-state index is -0.405. The van der Waals surface area contributed by atoms with Crippen molar-refractivity contribution in [3.05, 3.63) is 41.7 Å².